The van der Waals surface area contributed by atoms with E-state index in [1.807, 2.05) is 13.1 Å². The van der Waals surface area contributed by atoms with Crippen molar-refractivity contribution in [1.29, 1.82) is 0 Å². The van der Waals surface area contributed by atoms with E-state index in [1.165, 1.54) is 5.57 Å². The van der Waals surface area contributed by atoms with Crippen LogP contribution >= 0.6 is 0 Å². The van der Waals surface area contributed by atoms with E-state index in [1.54, 1.807) is 11.1 Å². The number of rotatable bonds is 1. The molecular weight excluding hydrogens is 192 g/mol. The number of nitrogens with zero attached hydrogens (tertiary/aromatic N) is 2. The fourth-order valence-electron chi connectivity index (χ4n) is 1.77. The summed E-state index contributed by atoms with van der Waals surface area (Å²) in [5.74, 6) is 0. The summed E-state index contributed by atoms with van der Waals surface area (Å²) in [4.78, 5) is 17.4. The van der Waals surface area contributed by atoms with Gasteiger partial charge in [0.15, 0.2) is 0 Å². The Morgan fingerprint density at radius 2 is 2.53 bits per heavy atom. The summed E-state index contributed by atoms with van der Waals surface area (Å²) in [5.41, 5.74) is 2.06. The van der Waals surface area contributed by atoms with Crippen LogP contribution in [0.4, 0.5) is 4.79 Å². The molecule has 0 aromatic rings. The molecule has 0 aromatic carbocycles. The number of fused-ring (bicyclic) bond motifs is 1. The van der Waals surface area contributed by atoms with E-state index in [0.717, 1.165) is 18.5 Å². The largest absolute Gasteiger partial charge is 0.449 e. The van der Waals surface area contributed by atoms with E-state index in [2.05, 4.69) is 11.1 Å². The number of ether oxygens (including phenoxy) is 1. The summed E-state index contributed by atoms with van der Waals surface area (Å²) in [6.45, 7) is 2.90. The molecule has 2 aliphatic heterocycles. The number of amides is 1. The van der Waals surface area contributed by atoms with Gasteiger partial charge in [-0.25, -0.2) is 4.79 Å². The Hall–Kier alpha value is -1.58. The maximum atomic E-state index is 11.6. The third-order valence-electron chi connectivity index (χ3n) is 2.46. The number of carbonyl (C=O) groups excluding carboxylic acids is 1. The maximum Gasteiger partial charge on any atom is 0.414 e. The molecule has 2 aliphatic rings. The Bertz CT molecular complexity index is 356. The second-order valence-electron chi connectivity index (χ2n) is 3.42. The quantitative estimate of drug-likeness (QED) is 0.659. The van der Waals surface area contributed by atoms with Crippen molar-refractivity contribution in [2.75, 3.05) is 13.2 Å². The van der Waals surface area contributed by atoms with Crippen LogP contribution in [0.3, 0.4) is 0 Å². The molecule has 2 heterocycles. The minimum Gasteiger partial charge on any atom is -0.449 e. The van der Waals surface area contributed by atoms with Crippen LogP contribution in [-0.2, 0) is 4.74 Å². The van der Waals surface area contributed by atoms with Gasteiger partial charge in [-0.3, -0.25) is 9.89 Å². The van der Waals surface area contributed by atoms with Gasteiger partial charge >= 0.3 is 6.09 Å². The zero-order valence-electron chi connectivity index (χ0n) is 8.77. The lowest BCUT2D eigenvalue weighted by molar-refractivity contribution is 0.118. The second kappa shape index (κ2) is 4.29. The molecule has 0 aliphatic carbocycles. The van der Waals surface area contributed by atoms with Crippen LogP contribution in [0.5, 0.6) is 0 Å². The fourth-order valence-corrected chi connectivity index (χ4v) is 1.77. The Morgan fingerprint density at radius 1 is 1.67 bits per heavy atom. The van der Waals surface area contributed by atoms with Crippen LogP contribution in [0.1, 0.15) is 19.8 Å². The van der Waals surface area contributed by atoms with Gasteiger partial charge in [-0.1, -0.05) is 6.08 Å². The monoisotopic (exact) mass is 206 g/mol. The van der Waals surface area contributed by atoms with Gasteiger partial charge < -0.3 is 4.74 Å². The van der Waals surface area contributed by atoms with Crippen LogP contribution in [0.2, 0.25) is 0 Å². The van der Waals surface area contributed by atoms with Crippen LogP contribution in [0, 0.1) is 0 Å². The highest BCUT2D eigenvalue weighted by Gasteiger charge is 2.25. The molecule has 0 saturated heterocycles. The third kappa shape index (κ3) is 1.93. The Labute approximate surface area is 88.9 Å². The fraction of sp³-hybridized carbons (Fsp3) is 0.455. The Morgan fingerprint density at radius 3 is 3.33 bits per heavy atom. The molecule has 0 radical (unpaired) electrons. The van der Waals surface area contributed by atoms with Gasteiger partial charge in [0.2, 0.25) is 0 Å². The molecule has 4 nitrogen and oxygen atoms in total. The Kier molecular flexibility index (Phi) is 2.85. The van der Waals surface area contributed by atoms with Crippen LogP contribution in [0.25, 0.3) is 0 Å². The lowest BCUT2D eigenvalue weighted by atomic mass is 10.0. The standard InChI is InChI=1S/C11H14N2O2/c1-2-15-11(14)13-7-3-4-9-5-6-12-8-10(9)13/h4,6,8H,2-3,5,7H2,1H3. The molecule has 15 heavy (non-hydrogen) atoms. The molecule has 0 atom stereocenters. The van der Waals surface area contributed by atoms with Crippen molar-refractivity contribution in [1.82, 2.24) is 4.90 Å². The van der Waals surface area contributed by atoms with Crippen molar-refractivity contribution in [3.05, 3.63) is 23.5 Å². The van der Waals surface area contributed by atoms with Gasteiger partial charge in [0.05, 0.1) is 18.5 Å². The van der Waals surface area contributed by atoms with Crippen molar-refractivity contribution < 1.29 is 9.53 Å². The molecule has 0 spiro atoms. The SMILES string of the molecule is CCOC(=O)N1CCC=C2CC=NC=C21. The van der Waals surface area contributed by atoms with Crippen molar-refractivity contribution in [2.24, 2.45) is 4.99 Å². The zero-order chi connectivity index (χ0) is 10.7. The summed E-state index contributed by atoms with van der Waals surface area (Å²) >= 11 is 0. The minimum absolute atomic E-state index is 0.272. The lowest BCUT2D eigenvalue weighted by Crippen LogP contribution is -2.35. The molecule has 0 bridgehead atoms. The molecule has 0 unspecified atom stereocenters. The number of carbonyl (C=O) groups is 1. The molecule has 1 amide bonds. The highest BCUT2D eigenvalue weighted by Crippen LogP contribution is 2.26. The number of allylic oxidation sites excluding steroid dienone is 1. The van der Waals surface area contributed by atoms with E-state index >= 15 is 0 Å². The topological polar surface area (TPSA) is 41.9 Å². The first kappa shape index (κ1) is 9.96. The van der Waals surface area contributed by atoms with Gasteiger partial charge in [0.1, 0.15) is 0 Å². The van der Waals surface area contributed by atoms with Gasteiger partial charge in [-0.2, -0.15) is 0 Å². The van der Waals surface area contributed by atoms with Crippen molar-refractivity contribution in [3.8, 4) is 0 Å². The van der Waals surface area contributed by atoms with Crippen molar-refractivity contribution in [3.63, 3.8) is 0 Å². The highest BCUT2D eigenvalue weighted by molar-refractivity contribution is 5.75. The van der Waals surface area contributed by atoms with Crippen LogP contribution < -0.4 is 0 Å². The molecule has 80 valence electrons. The van der Waals surface area contributed by atoms with E-state index < -0.39 is 0 Å². The molecule has 0 aromatic heterocycles. The first-order valence-corrected chi connectivity index (χ1v) is 5.18. The molecule has 0 fully saturated rings. The Balaban J connectivity index is 2.20. The molecular formula is C11H14N2O2. The second-order valence-corrected chi connectivity index (χ2v) is 3.42. The van der Waals surface area contributed by atoms with Crippen molar-refractivity contribution >= 4 is 12.3 Å². The van der Waals surface area contributed by atoms with Gasteiger partial charge in [-0.05, 0) is 18.9 Å². The van der Waals surface area contributed by atoms with Crippen molar-refractivity contribution in [2.45, 2.75) is 19.8 Å². The van der Waals surface area contributed by atoms with Gasteiger partial charge in [-0.15, -0.1) is 0 Å². The van der Waals surface area contributed by atoms with Gasteiger partial charge in [0, 0.05) is 19.2 Å². The predicted molar refractivity (Wildman–Crippen MR) is 57.6 cm³/mol. The smallest absolute Gasteiger partial charge is 0.414 e. The van der Waals surface area contributed by atoms with Crippen LogP contribution in [0.15, 0.2) is 28.5 Å². The highest BCUT2D eigenvalue weighted by atomic mass is 16.6. The number of aliphatic imine (C=N–C) groups is 1. The lowest BCUT2D eigenvalue weighted by Gasteiger charge is -2.29. The van der Waals surface area contributed by atoms with E-state index in [4.69, 9.17) is 4.74 Å². The minimum atomic E-state index is -0.272. The normalized spacial score (nSPS) is 19.1. The zero-order valence-corrected chi connectivity index (χ0v) is 8.77. The summed E-state index contributed by atoms with van der Waals surface area (Å²) in [5, 5.41) is 0. The van der Waals surface area contributed by atoms with E-state index in [-0.39, 0.29) is 6.09 Å². The van der Waals surface area contributed by atoms with Gasteiger partial charge in [0.25, 0.3) is 0 Å². The molecule has 4 heteroatoms. The summed E-state index contributed by atoms with van der Waals surface area (Å²) in [6, 6.07) is 0. The average molecular weight is 206 g/mol. The van der Waals surface area contributed by atoms with E-state index in [0.29, 0.717) is 13.2 Å². The summed E-state index contributed by atoms with van der Waals surface area (Å²) in [7, 11) is 0. The number of hydrogen-bond acceptors (Lipinski definition) is 3. The van der Waals surface area contributed by atoms with Crippen LogP contribution in [-0.4, -0.2) is 30.4 Å². The molecule has 0 N–H and O–H groups in total. The summed E-state index contributed by atoms with van der Waals surface area (Å²) in [6.07, 6.45) is 7.16. The maximum absolute atomic E-state index is 11.6. The third-order valence-corrected chi connectivity index (χ3v) is 2.46. The first-order valence-electron chi connectivity index (χ1n) is 5.18. The summed E-state index contributed by atoms with van der Waals surface area (Å²) < 4.78 is 5.00. The first-order chi connectivity index (χ1) is 7.33. The average Bonchev–Trinajstić information content (AvgIpc) is 2.28. The van der Waals surface area contributed by atoms with E-state index in [9.17, 15) is 4.79 Å². The predicted octanol–water partition coefficient (Wildman–Crippen LogP) is 2.09. The molecule has 0 saturated carbocycles. The number of hydrogen-bond donors (Lipinski definition) is 0. The molecule has 2 rings (SSSR count).